The van der Waals surface area contributed by atoms with Gasteiger partial charge in [0.15, 0.2) is 5.78 Å². The molecule has 1 unspecified atom stereocenters. The Labute approximate surface area is 132 Å². The summed E-state index contributed by atoms with van der Waals surface area (Å²) in [5.41, 5.74) is 1.37. The number of fused-ring (bicyclic) bond motifs is 1. The number of ketones is 1. The molecule has 1 aliphatic carbocycles. The molecule has 0 saturated carbocycles. The van der Waals surface area contributed by atoms with Gasteiger partial charge in [-0.2, -0.15) is 0 Å². The van der Waals surface area contributed by atoms with Gasteiger partial charge in [0.25, 0.3) is 0 Å². The summed E-state index contributed by atoms with van der Waals surface area (Å²) in [6.45, 7) is 0.501. The Morgan fingerprint density at radius 2 is 2.04 bits per heavy atom. The SMILES string of the molecule is O=C1CC(c2ccco2)Cc2nc(NCc3ccco3)ncc21. The van der Waals surface area contributed by atoms with Crippen molar-refractivity contribution in [1.29, 1.82) is 0 Å². The van der Waals surface area contributed by atoms with E-state index in [9.17, 15) is 4.79 Å². The van der Waals surface area contributed by atoms with Crippen molar-refractivity contribution < 1.29 is 13.6 Å². The van der Waals surface area contributed by atoms with Crippen LogP contribution in [-0.4, -0.2) is 15.8 Å². The zero-order chi connectivity index (χ0) is 15.6. The molecule has 0 aliphatic heterocycles. The number of carbonyl (C=O) groups is 1. The van der Waals surface area contributed by atoms with Crippen molar-refractivity contribution in [2.45, 2.75) is 25.3 Å². The number of Topliss-reactive ketones (excluding diaryl/α,β-unsaturated/α-hetero) is 1. The van der Waals surface area contributed by atoms with Gasteiger partial charge >= 0.3 is 0 Å². The Kier molecular flexibility index (Phi) is 3.42. The molecule has 1 N–H and O–H groups in total. The van der Waals surface area contributed by atoms with Crippen LogP contribution in [0.1, 0.15) is 39.9 Å². The number of carbonyl (C=O) groups excluding carboxylic acids is 1. The number of furan rings is 2. The third-order valence-corrected chi connectivity index (χ3v) is 3.99. The van der Waals surface area contributed by atoms with Crippen molar-refractivity contribution in [2.75, 3.05) is 5.32 Å². The van der Waals surface area contributed by atoms with Gasteiger partial charge in [0.05, 0.1) is 30.3 Å². The largest absolute Gasteiger partial charge is 0.469 e. The molecule has 3 heterocycles. The zero-order valence-electron chi connectivity index (χ0n) is 12.4. The zero-order valence-corrected chi connectivity index (χ0v) is 12.4. The van der Waals surface area contributed by atoms with Gasteiger partial charge in [0, 0.05) is 25.0 Å². The highest BCUT2D eigenvalue weighted by atomic mass is 16.3. The molecular formula is C17H15N3O3. The molecule has 23 heavy (non-hydrogen) atoms. The Morgan fingerprint density at radius 1 is 1.17 bits per heavy atom. The van der Waals surface area contributed by atoms with Gasteiger partial charge in [-0.1, -0.05) is 0 Å². The lowest BCUT2D eigenvalue weighted by Crippen LogP contribution is -2.21. The normalized spacial score (nSPS) is 17.0. The van der Waals surface area contributed by atoms with Crippen LogP contribution in [0.25, 0.3) is 0 Å². The van der Waals surface area contributed by atoms with Crippen LogP contribution in [-0.2, 0) is 13.0 Å². The Morgan fingerprint density at radius 3 is 2.83 bits per heavy atom. The second-order valence-electron chi connectivity index (χ2n) is 5.53. The number of nitrogens with zero attached hydrogens (tertiary/aromatic N) is 2. The second-order valence-corrected chi connectivity index (χ2v) is 5.53. The van der Waals surface area contributed by atoms with E-state index >= 15 is 0 Å². The van der Waals surface area contributed by atoms with E-state index in [-0.39, 0.29) is 11.7 Å². The highest BCUT2D eigenvalue weighted by Gasteiger charge is 2.29. The van der Waals surface area contributed by atoms with Gasteiger partial charge in [0.1, 0.15) is 11.5 Å². The van der Waals surface area contributed by atoms with E-state index in [2.05, 4.69) is 15.3 Å². The van der Waals surface area contributed by atoms with Crippen molar-refractivity contribution in [1.82, 2.24) is 9.97 Å². The summed E-state index contributed by atoms with van der Waals surface area (Å²) in [5.74, 6) is 2.22. The van der Waals surface area contributed by atoms with Gasteiger partial charge < -0.3 is 14.2 Å². The minimum absolute atomic E-state index is 0.0397. The molecule has 116 valence electrons. The topological polar surface area (TPSA) is 81.2 Å². The van der Waals surface area contributed by atoms with Gasteiger partial charge in [-0.25, -0.2) is 9.97 Å². The first-order valence-corrected chi connectivity index (χ1v) is 7.48. The Hall–Kier alpha value is -2.89. The van der Waals surface area contributed by atoms with Crippen molar-refractivity contribution in [3.8, 4) is 0 Å². The predicted octanol–water partition coefficient (Wildman–Crippen LogP) is 3.19. The van der Waals surface area contributed by atoms with Crippen LogP contribution in [0.15, 0.2) is 51.8 Å². The lowest BCUT2D eigenvalue weighted by Gasteiger charge is -2.21. The van der Waals surface area contributed by atoms with E-state index in [0.29, 0.717) is 30.9 Å². The van der Waals surface area contributed by atoms with E-state index in [4.69, 9.17) is 8.83 Å². The van der Waals surface area contributed by atoms with Gasteiger partial charge in [-0.3, -0.25) is 4.79 Å². The number of aromatic nitrogens is 2. The second kappa shape index (κ2) is 5.72. The maximum Gasteiger partial charge on any atom is 0.223 e. The smallest absolute Gasteiger partial charge is 0.223 e. The molecule has 0 fully saturated rings. The van der Waals surface area contributed by atoms with Crippen LogP contribution in [0.4, 0.5) is 5.95 Å². The summed E-state index contributed by atoms with van der Waals surface area (Å²) < 4.78 is 10.7. The van der Waals surface area contributed by atoms with E-state index in [1.165, 1.54) is 0 Å². The van der Waals surface area contributed by atoms with E-state index < -0.39 is 0 Å². The maximum absolute atomic E-state index is 12.3. The minimum Gasteiger partial charge on any atom is -0.469 e. The van der Waals surface area contributed by atoms with Gasteiger partial charge in [-0.05, 0) is 24.3 Å². The third kappa shape index (κ3) is 2.75. The first-order chi connectivity index (χ1) is 11.3. The van der Waals surface area contributed by atoms with Gasteiger partial charge in [-0.15, -0.1) is 0 Å². The summed E-state index contributed by atoms with van der Waals surface area (Å²) in [7, 11) is 0. The Balaban J connectivity index is 1.55. The molecule has 0 saturated heterocycles. The molecule has 0 aromatic carbocycles. The molecule has 1 aliphatic rings. The average molecular weight is 309 g/mol. The summed E-state index contributed by atoms with van der Waals surface area (Å²) in [6.07, 6.45) is 5.96. The monoisotopic (exact) mass is 309 g/mol. The number of hydrogen-bond acceptors (Lipinski definition) is 6. The number of nitrogens with one attached hydrogen (secondary N) is 1. The minimum atomic E-state index is 0.0397. The molecule has 0 bridgehead atoms. The summed E-state index contributed by atoms with van der Waals surface area (Å²) in [4.78, 5) is 21.0. The van der Waals surface area contributed by atoms with Crippen LogP contribution >= 0.6 is 0 Å². The number of hydrogen-bond donors (Lipinski definition) is 1. The van der Waals surface area contributed by atoms with Crippen LogP contribution < -0.4 is 5.32 Å². The predicted molar refractivity (Wildman–Crippen MR) is 82.2 cm³/mol. The third-order valence-electron chi connectivity index (χ3n) is 3.99. The summed E-state index contributed by atoms with van der Waals surface area (Å²) in [6, 6.07) is 7.45. The molecule has 6 heteroatoms. The fourth-order valence-electron chi connectivity index (χ4n) is 2.83. The molecule has 1 atom stereocenters. The van der Waals surface area contributed by atoms with Gasteiger partial charge in [0.2, 0.25) is 5.95 Å². The van der Waals surface area contributed by atoms with E-state index in [1.807, 2.05) is 24.3 Å². The molecule has 3 aromatic rings. The highest BCUT2D eigenvalue weighted by Crippen LogP contribution is 2.32. The van der Waals surface area contributed by atoms with Crippen LogP contribution in [0.5, 0.6) is 0 Å². The fourth-order valence-corrected chi connectivity index (χ4v) is 2.83. The average Bonchev–Trinajstić information content (AvgIpc) is 3.26. The molecule has 0 radical (unpaired) electrons. The number of anilines is 1. The first kappa shape index (κ1) is 13.8. The van der Waals surface area contributed by atoms with Crippen LogP contribution in [0, 0.1) is 0 Å². The number of rotatable bonds is 4. The lowest BCUT2D eigenvalue weighted by atomic mass is 9.85. The quantitative estimate of drug-likeness (QED) is 0.797. The molecule has 3 aromatic heterocycles. The van der Waals surface area contributed by atoms with Crippen molar-refractivity contribution in [3.05, 3.63) is 65.8 Å². The van der Waals surface area contributed by atoms with Crippen molar-refractivity contribution in [3.63, 3.8) is 0 Å². The summed E-state index contributed by atoms with van der Waals surface area (Å²) >= 11 is 0. The lowest BCUT2D eigenvalue weighted by molar-refractivity contribution is 0.0958. The standard InChI is InChI=1S/C17H15N3O3/c21-15-8-11(16-4-2-6-23-16)7-14-13(15)10-19-17(20-14)18-9-12-3-1-5-22-12/h1-6,10-11H,7-9H2,(H,18,19,20). The maximum atomic E-state index is 12.3. The van der Waals surface area contributed by atoms with Crippen molar-refractivity contribution in [2.24, 2.45) is 0 Å². The highest BCUT2D eigenvalue weighted by molar-refractivity contribution is 5.98. The Bertz CT molecular complexity index is 810. The molecule has 0 spiro atoms. The molecule has 6 nitrogen and oxygen atoms in total. The fraction of sp³-hybridized carbons (Fsp3) is 0.235. The van der Waals surface area contributed by atoms with E-state index in [1.54, 1.807) is 18.7 Å². The van der Waals surface area contributed by atoms with Crippen LogP contribution in [0.3, 0.4) is 0 Å². The van der Waals surface area contributed by atoms with Crippen LogP contribution in [0.2, 0.25) is 0 Å². The van der Waals surface area contributed by atoms with Crippen molar-refractivity contribution >= 4 is 11.7 Å². The molecular weight excluding hydrogens is 294 g/mol. The first-order valence-electron chi connectivity index (χ1n) is 7.48. The molecule has 4 rings (SSSR count). The van der Waals surface area contributed by atoms with E-state index in [0.717, 1.165) is 17.2 Å². The molecule has 0 amide bonds. The summed E-state index contributed by atoms with van der Waals surface area (Å²) in [5, 5.41) is 3.11.